The molecule has 0 radical (unpaired) electrons. The Hall–Kier alpha value is -0.610. The molecular formula is C13H24N2O2. The molecule has 2 rings (SSSR count). The summed E-state index contributed by atoms with van der Waals surface area (Å²) in [7, 11) is 0. The zero-order valence-electron chi connectivity index (χ0n) is 10.7. The highest BCUT2D eigenvalue weighted by atomic mass is 16.5. The first-order chi connectivity index (χ1) is 8.20. The Bertz CT molecular complexity index is 270. The molecule has 2 aliphatic heterocycles. The summed E-state index contributed by atoms with van der Waals surface area (Å²) < 4.78 is 5.68. The predicted octanol–water partition coefficient (Wildman–Crippen LogP) is 1.14. The molecule has 2 fully saturated rings. The van der Waals surface area contributed by atoms with Gasteiger partial charge >= 0.3 is 0 Å². The molecule has 1 unspecified atom stereocenters. The van der Waals surface area contributed by atoms with Crippen molar-refractivity contribution >= 4 is 5.91 Å². The molecule has 0 spiro atoms. The maximum absolute atomic E-state index is 12.3. The number of carbonyl (C=O) groups excluding carboxylic acids is 1. The highest BCUT2D eigenvalue weighted by Gasteiger charge is 2.33. The summed E-state index contributed by atoms with van der Waals surface area (Å²) in [5.41, 5.74) is 5.57. The number of ether oxygens (including phenoxy) is 1. The van der Waals surface area contributed by atoms with Crippen molar-refractivity contribution in [1.82, 2.24) is 4.90 Å². The van der Waals surface area contributed by atoms with Crippen molar-refractivity contribution in [2.45, 2.75) is 51.2 Å². The van der Waals surface area contributed by atoms with E-state index in [1.54, 1.807) is 0 Å². The van der Waals surface area contributed by atoms with Gasteiger partial charge in [0.25, 0.3) is 5.91 Å². The SMILES string of the molecule is CC1CCCN(C(=O)[C@@H]2CC[C@H](CN)O2)CC1. The van der Waals surface area contributed by atoms with E-state index in [1.807, 2.05) is 4.90 Å². The summed E-state index contributed by atoms with van der Waals surface area (Å²) in [6, 6.07) is 0. The van der Waals surface area contributed by atoms with Crippen molar-refractivity contribution in [1.29, 1.82) is 0 Å². The topological polar surface area (TPSA) is 55.6 Å². The van der Waals surface area contributed by atoms with Gasteiger partial charge in [-0.3, -0.25) is 4.79 Å². The van der Waals surface area contributed by atoms with E-state index < -0.39 is 0 Å². The molecule has 2 aliphatic rings. The first kappa shape index (κ1) is 12.8. The number of hydrogen-bond acceptors (Lipinski definition) is 3. The van der Waals surface area contributed by atoms with Crippen molar-refractivity contribution < 1.29 is 9.53 Å². The lowest BCUT2D eigenvalue weighted by Gasteiger charge is -2.24. The number of nitrogens with zero attached hydrogens (tertiary/aromatic N) is 1. The lowest BCUT2D eigenvalue weighted by molar-refractivity contribution is -0.142. The number of carbonyl (C=O) groups is 1. The van der Waals surface area contributed by atoms with Gasteiger partial charge in [0.15, 0.2) is 0 Å². The highest BCUT2D eigenvalue weighted by Crippen LogP contribution is 2.23. The van der Waals surface area contributed by atoms with Gasteiger partial charge in [-0.1, -0.05) is 6.92 Å². The number of hydrogen-bond donors (Lipinski definition) is 1. The van der Waals surface area contributed by atoms with Crippen molar-refractivity contribution in [3.63, 3.8) is 0 Å². The van der Waals surface area contributed by atoms with Gasteiger partial charge in [0.1, 0.15) is 6.10 Å². The summed E-state index contributed by atoms with van der Waals surface area (Å²) in [5.74, 6) is 0.934. The lowest BCUT2D eigenvalue weighted by Crippen LogP contribution is -2.40. The molecule has 0 aromatic rings. The molecule has 0 aromatic carbocycles. The minimum atomic E-state index is -0.225. The Labute approximate surface area is 103 Å². The third-order valence-electron chi connectivity index (χ3n) is 3.97. The number of nitrogens with two attached hydrogens (primary N) is 1. The molecule has 0 saturated carbocycles. The van der Waals surface area contributed by atoms with Crippen LogP contribution in [0.25, 0.3) is 0 Å². The van der Waals surface area contributed by atoms with E-state index in [9.17, 15) is 4.79 Å². The van der Waals surface area contributed by atoms with E-state index in [0.717, 1.165) is 44.7 Å². The van der Waals surface area contributed by atoms with Gasteiger partial charge in [-0.05, 0) is 38.0 Å². The second-order valence-electron chi connectivity index (χ2n) is 5.42. The van der Waals surface area contributed by atoms with Gasteiger partial charge in [0.05, 0.1) is 6.10 Å². The minimum Gasteiger partial charge on any atom is -0.364 e. The normalized spacial score (nSPS) is 34.7. The quantitative estimate of drug-likeness (QED) is 0.787. The molecule has 2 heterocycles. The maximum atomic E-state index is 12.3. The molecule has 0 bridgehead atoms. The molecule has 4 heteroatoms. The highest BCUT2D eigenvalue weighted by molar-refractivity contribution is 5.81. The summed E-state index contributed by atoms with van der Waals surface area (Å²) in [5, 5.41) is 0. The molecule has 17 heavy (non-hydrogen) atoms. The molecule has 4 nitrogen and oxygen atoms in total. The largest absolute Gasteiger partial charge is 0.364 e. The van der Waals surface area contributed by atoms with Crippen LogP contribution in [0.1, 0.15) is 39.0 Å². The van der Waals surface area contributed by atoms with Crippen LogP contribution in [-0.2, 0) is 9.53 Å². The fourth-order valence-corrected chi connectivity index (χ4v) is 2.75. The van der Waals surface area contributed by atoms with Crippen LogP contribution in [0.3, 0.4) is 0 Å². The first-order valence-corrected chi connectivity index (χ1v) is 6.85. The van der Waals surface area contributed by atoms with Gasteiger partial charge in [0, 0.05) is 19.6 Å². The van der Waals surface area contributed by atoms with E-state index in [0.29, 0.717) is 6.54 Å². The van der Waals surface area contributed by atoms with Crippen molar-refractivity contribution in [2.24, 2.45) is 11.7 Å². The zero-order valence-corrected chi connectivity index (χ0v) is 10.7. The zero-order chi connectivity index (χ0) is 12.3. The molecule has 98 valence electrons. The average Bonchev–Trinajstić information content (AvgIpc) is 2.71. The van der Waals surface area contributed by atoms with Crippen LogP contribution in [0.15, 0.2) is 0 Å². The molecule has 3 atom stereocenters. The lowest BCUT2D eigenvalue weighted by atomic mass is 10.0. The Balaban J connectivity index is 1.87. The van der Waals surface area contributed by atoms with Crippen LogP contribution in [0.5, 0.6) is 0 Å². The predicted molar refractivity (Wildman–Crippen MR) is 66.5 cm³/mol. The maximum Gasteiger partial charge on any atom is 0.251 e. The van der Waals surface area contributed by atoms with E-state index in [1.165, 1.54) is 6.42 Å². The summed E-state index contributed by atoms with van der Waals surface area (Å²) in [6.45, 7) is 4.59. The summed E-state index contributed by atoms with van der Waals surface area (Å²) >= 11 is 0. The second-order valence-corrected chi connectivity index (χ2v) is 5.42. The van der Waals surface area contributed by atoms with Gasteiger partial charge < -0.3 is 15.4 Å². The van der Waals surface area contributed by atoms with Crippen LogP contribution >= 0.6 is 0 Å². The smallest absolute Gasteiger partial charge is 0.251 e. The van der Waals surface area contributed by atoms with Crippen LogP contribution in [0, 0.1) is 5.92 Å². The summed E-state index contributed by atoms with van der Waals surface area (Å²) in [6.07, 6.45) is 5.12. The van der Waals surface area contributed by atoms with Gasteiger partial charge in [-0.2, -0.15) is 0 Å². The fourth-order valence-electron chi connectivity index (χ4n) is 2.75. The minimum absolute atomic E-state index is 0.0925. The van der Waals surface area contributed by atoms with E-state index in [4.69, 9.17) is 10.5 Å². The second kappa shape index (κ2) is 5.83. The Kier molecular flexibility index (Phi) is 4.40. The van der Waals surface area contributed by atoms with Crippen molar-refractivity contribution in [3.8, 4) is 0 Å². The average molecular weight is 240 g/mol. The van der Waals surface area contributed by atoms with E-state index >= 15 is 0 Å². The third kappa shape index (κ3) is 3.19. The van der Waals surface area contributed by atoms with E-state index in [-0.39, 0.29) is 18.1 Å². The fraction of sp³-hybridized carbons (Fsp3) is 0.923. The first-order valence-electron chi connectivity index (χ1n) is 6.85. The third-order valence-corrected chi connectivity index (χ3v) is 3.97. The number of amides is 1. The van der Waals surface area contributed by atoms with Crippen molar-refractivity contribution in [2.75, 3.05) is 19.6 Å². The monoisotopic (exact) mass is 240 g/mol. The molecule has 2 saturated heterocycles. The molecule has 0 aliphatic carbocycles. The molecule has 2 N–H and O–H groups in total. The van der Waals surface area contributed by atoms with Crippen LogP contribution < -0.4 is 5.73 Å². The Morgan fingerprint density at radius 2 is 2.12 bits per heavy atom. The van der Waals surface area contributed by atoms with E-state index in [2.05, 4.69) is 6.92 Å². The van der Waals surface area contributed by atoms with Gasteiger partial charge in [-0.25, -0.2) is 0 Å². The van der Waals surface area contributed by atoms with Crippen LogP contribution in [0.4, 0.5) is 0 Å². The molecular weight excluding hydrogens is 216 g/mol. The number of likely N-dealkylation sites (tertiary alicyclic amines) is 1. The van der Waals surface area contributed by atoms with Gasteiger partial charge in [-0.15, -0.1) is 0 Å². The Morgan fingerprint density at radius 3 is 2.82 bits per heavy atom. The van der Waals surface area contributed by atoms with Crippen molar-refractivity contribution in [3.05, 3.63) is 0 Å². The molecule has 0 aromatic heterocycles. The number of rotatable bonds is 2. The Morgan fingerprint density at radius 1 is 1.29 bits per heavy atom. The summed E-state index contributed by atoms with van der Waals surface area (Å²) in [4.78, 5) is 14.3. The van der Waals surface area contributed by atoms with Crippen LogP contribution in [0.2, 0.25) is 0 Å². The molecule has 1 amide bonds. The van der Waals surface area contributed by atoms with Crippen LogP contribution in [-0.4, -0.2) is 42.6 Å². The van der Waals surface area contributed by atoms with Gasteiger partial charge in [0.2, 0.25) is 0 Å². The standard InChI is InChI=1S/C13H24N2O2/c1-10-3-2-7-15(8-6-10)13(16)12-5-4-11(9-14)17-12/h10-12H,2-9,14H2,1H3/t10?,11-,12+/m1/s1.